The van der Waals surface area contributed by atoms with Gasteiger partial charge in [-0.1, -0.05) is 28.1 Å². The zero-order chi connectivity index (χ0) is 20.3. The van der Waals surface area contributed by atoms with Gasteiger partial charge in [0.05, 0.1) is 23.8 Å². The fourth-order valence-corrected chi connectivity index (χ4v) is 3.04. The number of amides is 1. The lowest BCUT2D eigenvalue weighted by molar-refractivity contribution is -0.384. The van der Waals surface area contributed by atoms with E-state index in [1.54, 1.807) is 13.0 Å². The molecule has 7 nitrogen and oxygen atoms in total. The van der Waals surface area contributed by atoms with Crippen LogP contribution >= 0.6 is 15.9 Å². The first-order valence-corrected chi connectivity index (χ1v) is 9.16. The Morgan fingerprint density at radius 2 is 1.82 bits per heavy atom. The van der Waals surface area contributed by atoms with E-state index >= 15 is 0 Å². The lowest BCUT2D eigenvalue weighted by Gasteiger charge is -2.16. The number of nitro benzene ring substituents is 1. The number of fused-ring (bicyclic) bond motifs is 1. The van der Waals surface area contributed by atoms with Gasteiger partial charge in [0, 0.05) is 10.5 Å². The number of nitro groups is 1. The van der Waals surface area contributed by atoms with Gasteiger partial charge in [0.15, 0.2) is 6.10 Å². The summed E-state index contributed by atoms with van der Waals surface area (Å²) in [5.74, 6) is 0.363. The van der Waals surface area contributed by atoms with E-state index in [4.69, 9.17) is 9.47 Å². The number of nitrogens with zero attached hydrogens (tertiary/aromatic N) is 1. The molecular weight excluding hydrogens is 428 g/mol. The molecule has 0 fully saturated rings. The van der Waals surface area contributed by atoms with E-state index < -0.39 is 16.9 Å². The summed E-state index contributed by atoms with van der Waals surface area (Å²) in [4.78, 5) is 22.8. The highest BCUT2D eigenvalue weighted by molar-refractivity contribution is 9.10. The topological polar surface area (TPSA) is 90.7 Å². The normalized spacial score (nSPS) is 11.7. The molecule has 0 aliphatic carbocycles. The van der Waals surface area contributed by atoms with Crippen molar-refractivity contribution in [3.63, 3.8) is 0 Å². The summed E-state index contributed by atoms with van der Waals surface area (Å²) in [6.07, 6.45) is -0.784. The predicted octanol–water partition coefficient (Wildman–Crippen LogP) is 4.93. The molecule has 144 valence electrons. The summed E-state index contributed by atoms with van der Waals surface area (Å²) in [5, 5.41) is 15.6. The lowest BCUT2D eigenvalue weighted by atomic mass is 10.1. The Bertz CT molecular complexity index is 1050. The van der Waals surface area contributed by atoms with Gasteiger partial charge >= 0.3 is 0 Å². The maximum Gasteiger partial charge on any atom is 0.273 e. The maximum absolute atomic E-state index is 12.5. The Labute approximate surface area is 169 Å². The average Bonchev–Trinajstić information content (AvgIpc) is 2.68. The number of benzene rings is 3. The van der Waals surface area contributed by atoms with Crippen molar-refractivity contribution in [1.82, 2.24) is 0 Å². The molecule has 0 bridgehead atoms. The standard InChI is InChI=1S/C20H17BrN2O5/c1-12(28-17-7-4-13-9-15(21)5-3-14(13)10-17)20(24)22-18-8-6-16(23(25)26)11-19(18)27-2/h3-12H,1-2H3,(H,22,24)/t12-/m0/s1. The van der Waals surface area contributed by atoms with E-state index in [9.17, 15) is 14.9 Å². The molecule has 28 heavy (non-hydrogen) atoms. The van der Waals surface area contributed by atoms with Crippen LogP contribution in [0.1, 0.15) is 6.92 Å². The molecule has 0 aromatic heterocycles. The minimum atomic E-state index is -0.784. The van der Waals surface area contributed by atoms with Gasteiger partial charge in [0.1, 0.15) is 11.5 Å². The highest BCUT2D eigenvalue weighted by atomic mass is 79.9. The van der Waals surface area contributed by atoms with Crippen molar-refractivity contribution >= 4 is 44.0 Å². The fraction of sp³-hybridized carbons (Fsp3) is 0.150. The molecule has 1 atom stereocenters. The summed E-state index contributed by atoms with van der Waals surface area (Å²) in [5.41, 5.74) is 0.207. The first-order valence-electron chi connectivity index (χ1n) is 8.36. The van der Waals surface area contributed by atoms with E-state index in [0.29, 0.717) is 11.4 Å². The van der Waals surface area contributed by atoms with E-state index in [1.165, 1.54) is 25.3 Å². The highest BCUT2D eigenvalue weighted by Crippen LogP contribution is 2.29. The van der Waals surface area contributed by atoms with Gasteiger partial charge in [-0.3, -0.25) is 14.9 Å². The third-order valence-corrected chi connectivity index (χ3v) is 4.60. The summed E-state index contributed by atoms with van der Waals surface area (Å²) in [6, 6.07) is 15.4. The largest absolute Gasteiger partial charge is 0.494 e. The number of methoxy groups -OCH3 is 1. The van der Waals surface area contributed by atoms with Crippen LogP contribution < -0.4 is 14.8 Å². The van der Waals surface area contributed by atoms with E-state index in [2.05, 4.69) is 21.2 Å². The first-order chi connectivity index (χ1) is 13.4. The number of nitrogens with one attached hydrogen (secondary N) is 1. The van der Waals surface area contributed by atoms with Crippen LogP contribution in [0.5, 0.6) is 11.5 Å². The SMILES string of the molecule is COc1cc([N+](=O)[O-])ccc1NC(=O)[C@H](C)Oc1ccc2cc(Br)ccc2c1. The molecule has 3 rings (SSSR count). The van der Waals surface area contributed by atoms with Crippen molar-refractivity contribution in [2.45, 2.75) is 13.0 Å². The van der Waals surface area contributed by atoms with Gasteiger partial charge in [0.2, 0.25) is 0 Å². The second kappa shape index (κ2) is 8.26. The Kier molecular flexibility index (Phi) is 5.79. The zero-order valence-corrected chi connectivity index (χ0v) is 16.7. The van der Waals surface area contributed by atoms with E-state index in [1.807, 2.05) is 30.3 Å². The maximum atomic E-state index is 12.5. The number of ether oxygens (including phenoxy) is 2. The third kappa shape index (κ3) is 4.40. The summed E-state index contributed by atoms with van der Waals surface area (Å²) in [6.45, 7) is 1.62. The van der Waals surface area contributed by atoms with Crippen molar-refractivity contribution in [3.05, 3.63) is 69.2 Å². The average molecular weight is 445 g/mol. The summed E-state index contributed by atoms with van der Waals surface area (Å²) >= 11 is 3.43. The second-order valence-corrected chi connectivity index (χ2v) is 6.96. The molecule has 1 N–H and O–H groups in total. The van der Waals surface area contributed by atoms with Gasteiger partial charge < -0.3 is 14.8 Å². The van der Waals surface area contributed by atoms with E-state index in [-0.39, 0.29) is 11.4 Å². The van der Waals surface area contributed by atoms with Crippen LogP contribution in [0, 0.1) is 10.1 Å². The molecule has 0 saturated heterocycles. The third-order valence-electron chi connectivity index (χ3n) is 4.11. The van der Waals surface area contributed by atoms with Crippen molar-refractivity contribution in [3.8, 4) is 11.5 Å². The highest BCUT2D eigenvalue weighted by Gasteiger charge is 2.18. The van der Waals surface area contributed by atoms with Crippen molar-refractivity contribution in [2.24, 2.45) is 0 Å². The molecule has 0 radical (unpaired) electrons. The molecule has 3 aromatic rings. The Morgan fingerprint density at radius 1 is 1.11 bits per heavy atom. The van der Waals surface area contributed by atoms with Crippen LogP contribution in [0.25, 0.3) is 10.8 Å². The lowest BCUT2D eigenvalue weighted by Crippen LogP contribution is -2.30. The Morgan fingerprint density at radius 3 is 2.54 bits per heavy atom. The van der Waals surface area contributed by atoms with Gasteiger partial charge in [-0.05, 0) is 48.0 Å². The number of hydrogen-bond donors (Lipinski definition) is 1. The number of halogens is 1. The van der Waals surface area contributed by atoms with Gasteiger partial charge in [-0.15, -0.1) is 0 Å². The van der Waals surface area contributed by atoms with Crippen LogP contribution in [0.3, 0.4) is 0 Å². The Balaban J connectivity index is 1.73. The molecule has 3 aromatic carbocycles. The molecule has 0 saturated carbocycles. The van der Waals surface area contributed by atoms with Crippen molar-refractivity contribution < 1.29 is 19.2 Å². The smallest absolute Gasteiger partial charge is 0.273 e. The van der Waals surface area contributed by atoms with Gasteiger partial charge in [-0.2, -0.15) is 0 Å². The van der Waals surface area contributed by atoms with Crippen LogP contribution in [0.15, 0.2) is 59.1 Å². The fourth-order valence-electron chi connectivity index (χ4n) is 2.66. The number of anilines is 1. The number of non-ortho nitro benzene ring substituents is 1. The molecule has 1 amide bonds. The molecule has 0 unspecified atom stereocenters. The molecule has 0 spiro atoms. The zero-order valence-electron chi connectivity index (χ0n) is 15.1. The quantitative estimate of drug-likeness (QED) is 0.430. The first kappa shape index (κ1) is 19.6. The number of hydrogen-bond acceptors (Lipinski definition) is 5. The van der Waals surface area contributed by atoms with Crippen molar-refractivity contribution in [2.75, 3.05) is 12.4 Å². The van der Waals surface area contributed by atoms with Gasteiger partial charge in [-0.25, -0.2) is 0 Å². The molecular formula is C20H17BrN2O5. The van der Waals surface area contributed by atoms with Gasteiger partial charge in [0.25, 0.3) is 11.6 Å². The van der Waals surface area contributed by atoms with Crippen LogP contribution in [0.2, 0.25) is 0 Å². The second-order valence-electron chi connectivity index (χ2n) is 6.04. The molecule has 0 heterocycles. The monoisotopic (exact) mass is 444 g/mol. The summed E-state index contributed by atoms with van der Waals surface area (Å²) in [7, 11) is 1.38. The minimum Gasteiger partial charge on any atom is -0.494 e. The molecule has 0 aliphatic heterocycles. The van der Waals surface area contributed by atoms with E-state index in [0.717, 1.165) is 15.2 Å². The number of carbonyl (C=O) groups excluding carboxylic acids is 1. The summed E-state index contributed by atoms with van der Waals surface area (Å²) < 4.78 is 11.9. The number of carbonyl (C=O) groups is 1. The molecule has 8 heteroatoms. The van der Waals surface area contributed by atoms with Crippen LogP contribution in [-0.2, 0) is 4.79 Å². The molecule has 0 aliphatic rings. The van der Waals surface area contributed by atoms with Crippen LogP contribution in [-0.4, -0.2) is 24.0 Å². The minimum absolute atomic E-state index is 0.123. The predicted molar refractivity (Wildman–Crippen MR) is 110 cm³/mol. The number of rotatable bonds is 6. The van der Waals surface area contributed by atoms with Crippen LogP contribution in [0.4, 0.5) is 11.4 Å². The Hall–Kier alpha value is -3.13. The van der Waals surface area contributed by atoms with Crippen molar-refractivity contribution in [1.29, 1.82) is 0 Å².